The fraction of sp³-hybridized carbons (Fsp3) is 0.435. The maximum absolute atomic E-state index is 12.8. The second kappa shape index (κ2) is 7.61. The SMILES string of the molecule is CC1=C2CCC[C@H](O)[C@@]2(C)C/C(=C\c2ccc(C#CCCO)cc2)C1=O. The van der Waals surface area contributed by atoms with E-state index < -0.39 is 0 Å². The van der Waals surface area contributed by atoms with Crippen molar-refractivity contribution in [1.29, 1.82) is 0 Å². The summed E-state index contributed by atoms with van der Waals surface area (Å²) in [5, 5.41) is 19.4. The Kier molecular flexibility index (Phi) is 5.46. The summed E-state index contributed by atoms with van der Waals surface area (Å²) in [6.07, 6.45) is 5.29. The molecule has 0 radical (unpaired) electrons. The maximum atomic E-state index is 12.8. The summed E-state index contributed by atoms with van der Waals surface area (Å²) in [6, 6.07) is 7.76. The molecule has 0 saturated heterocycles. The van der Waals surface area contributed by atoms with Crippen molar-refractivity contribution in [3.05, 3.63) is 52.1 Å². The summed E-state index contributed by atoms with van der Waals surface area (Å²) >= 11 is 0. The zero-order valence-corrected chi connectivity index (χ0v) is 15.5. The lowest BCUT2D eigenvalue weighted by Crippen LogP contribution is -2.42. The normalized spacial score (nSPS) is 27.2. The van der Waals surface area contributed by atoms with Gasteiger partial charge in [0.25, 0.3) is 0 Å². The summed E-state index contributed by atoms with van der Waals surface area (Å²) in [6.45, 7) is 4.06. The van der Waals surface area contributed by atoms with Crippen LogP contribution in [0.5, 0.6) is 0 Å². The van der Waals surface area contributed by atoms with Crippen molar-refractivity contribution in [3.63, 3.8) is 0 Å². The number of fused-ring (bicyclic) bond motifs is 1. The first-order valence-corrected chi connectivity index (χ1v) is 9.29. The monoisotopic (exact) mass is 350 g/mol. The number of carbonyl (C=O) groups excluding carboxylic acids is 1. The molecule has 0 bridgehead atoms. The van der Waals surface area contributed by atoms with Gasteiger partial charge in [-0.3, -0.25) is 4.79 Å². The lowest BCUT2D eigenvalue weighted by atomic mass is 9.61. The third-order valence-electron chi connectivity index (χ3n) is 5.69. The van der Waals surface area contributed by atoms with E-state index in [1.165, 1.54) is 0 Å². The molecule has 0 amide bonds. The van der Waals surface area contributed by atoms with Gasteiger partial charge < -0.3 is 10.2 Å². The third kappa shape index (κ3) is 3.53. The van der Waals surface area contributed by atoms with Crippen molar-refractivity contribution in [1.82, 2.24) is 0 Å². The second-order valence-electron chi connectivity index (χ2n) is 7.50. The van der Waals surface area contributed by atoms with Crippen LogP contribution in [0.1, 0.15) is 57.1 Å². The molecule has 1 fully saturated rings. The molecule has 1 aromatic carbocycles. The van der Waals surface area contributed by atoms with Gasteiger partial charge in [-0.25, -0.2) is 0 Å². The lowest BCUT2D eigenvalue weighted by molar-refractivity contribution is -0.113. The van der Waals surface area contributed by atoms with Crippen molar-refractivity contribution < 1.29 is 15.0 Å². The lowest BCUT2D eigenvalue weighted by Gasteiger charge is -2.45. The Morgan fingerprint density at radius 1 is 1.31 bits per heavy atom. The van der Waals surface area contributed by atoms with Gasteiger partial charge in [0.05, 0.1) is 12.7 Å². The van der Waals surface area contributed by atoms with E-state index in [-0.39, 0.29) is 23.9 Å². The molecule has 1 saturated carbocycles. The van der Waals surface area contributed by atoms with Crippen LogP contribution in [0.2, 0.25) is 0 Å². The molecule has 3 heteroatoms. The van der Waals surface area contributed by atoms with E-state index in [1.807, 2.05) is 37.3 Å². The minimum Gasteiger partial charge on any atom is -0.395 e. The highest BCUT2D eigenvalue weighted by atomic mass is 16.3. The maximum Gasteiger partial charge on any atom is 0.184 e. The molecule has 2 N–H and O–H groups in total. The quantitative estimate of drug-likeness (QED) is 0.632. The van der Waals surface area contributed by atoms with Crippen LogP contribution in [-0.4, -0.2) is 28.7 Å². The molecule has 2 atom stereocenters. The first-order chi connectivity index (χ1) is 12.5. The van der Waals surface area contributed by atoms with Gasteiger partial charge in [-0.15, -0.1) is 0 Å². The summed E-state index contributed by atoms with van der Waals surface area (Å²) in [7, 11) is 0. The van der Waals surface area contributed by atoms with Gasteiger partial charge in [0, 0.05) is 23.0 Å². The van der Waals surface area contributed by atoms with Crippen molar-refractivity contribution in [3.8, 4) is 11.8 Å². The summed E-state index contributed by atoms with van der Waals surface area (Å²) < 4.78 is 0. The number of carbonyl (C=O) groups is 1. The zero-order valence-electron chi connectivity index (χ0n) is 15.5. The molecule has 3 rings (SSSR count). The number of ketones is 1. The Labute approximate surface area is 155 Å². The van der Waals surface area contributed by atoms with E-state index in [0.29, 0.717) is 12.8 Å². The van der Waals surface area contributed by atoms with Crippen molar-refractivity contribution in [2.24, 2.45) is 5.41 Å². The highest BCUT2D eigenvalue weighted by Crippen LogP contribution is 2.50. The molecule has 0 heterocycles. The molecule has 1 aromatic rings. The van der Waals surface area contributed by atoms with Crippen LogP contribution in [0.15, 0.2) is 41.0 Å². The van der Waals surface area contributed by atoms with E-state index in [1.54, 1.807) is 0 Å². The third-order valence-corrected chi connectivity index (χ3v) is 5.69. The number of Topliss-reactive ketones (excluding diaryl/α,β-unsaturated/α-hetero) is 1. The molecule has 2 aliphatic rings. The van der Waals surface area contributed by atoms with E-state index in [2.05, 4.69) is 18.8 Å². The summed E-state index contributed by atoms with van der Waals surface area (Å²) in [5.41, 5.74) is 4.27. The number of rotatable bonds is 2. The van der Waals surface area contributed by atoms with Gasteiger partial charge in [-0.2, -0.15) is 0 Å². The molecule has 0 spiro atoms. The Hall–Kier alpha value is -2.15. The summed E-state index contributed by atoms with van der Waals surface area (Å²) in [4.78, 5) is 12.8. The van der Waals surface area contributed by atoms with Gasteiger partial charge >= 0.3 is 0 Å². The van der Waals surface area contributed by atoms with Gasteiger partial charge in [0.1, 0.15) is 0 Å². The molecule has 136 valence electrons. The Bertz CT molecular complexity index is 817. The minimum absolute atomic E-state index is 0.0682. The predicted octanol–water partition coefficient (Wildman–Crippen LogP) is 3.64. The molecule has 26 heavy (non-hydrogen) atoms. The molecule has 0 aliphatic heterocycles. The average molecular weight is 350 g/mol. The van der Waals surface area contributed by atoms with Crippen LogP contribution >= 0.6 is 0 Å². The van der Waals surface area contributed by atoms with Crippen LogP contribution in [-0.2, 0) is 4.79 Å². The number of allylic oxidation sites excluding steroid dienone is 2. The van der Waals surface area contributed by atoms with E-state index in [0.717, 1.165) is 47.1 Å². The van der Waals surface area contributed by atoms with Crippen LogP contribution < -0.4 is 0 Å². The standard InChI is InChI=1S/C23H26O3/c1-16-20-7-5-8-21(25)23(20,2)15-19(22(16)26)14-18-11-9-17(10-12-18)6-3-4-13-24/h9-12,14,21,24-25H,4-5,7-8,13,15H2,1-2H3/b19-14+/t21-,23-/m0/s1. The van der Waals surface area contributed by atoms with Crippen LogP contribution in [0.4, 0.5) is 0 Å². The van der Waals surface area contributed by atoms with Gasteiger partial charge in [0.15, 0.2) is 5.78 Å². The number of benzene rings is 1. The Morgan fingerprint density at radius 2 is 2.04 bits per heavy atom. The van der Waals surface area contributed by atoms with E-state index >= 15 is 0 Å². The van der Waals surface area contributed by atoms with Crippen molar-refractivity contribution in [2.45, 2.75) is 52.1 Å². The largest absolute Gasteiger partial charge is 0.395 e. The topological polar surface area (TPSA) is 57.5 Å². The fourth-order valence-electron chi connectivity index (χ4n) is 4.17. The number of aliphatic hydroxyl groups excluding tert-OH is 2. The van der Waals surface area contributed by atoms with Gasteiger partial charge in [0.2, 0.25) is 0 Å². The first kappa shape index (κ1) is 18.6. The number of hydrogen-bond donors (Lipinski definition) is 2. The zero-order chi connectivity index (χ0) is 18.7. The van der Waals surface area contributed by atoms with Crippen LogP contribution in [0.25, 0.3) is 6.08 Å². The number of aliphatic hydroxyl groups is 2. The smallest absolute Gasteiger partial charge is 0.184 e. The predicted molar refractivity (Wildman–Crippen MR) is 103 cm³/mol. The van der Waals surface area contributed by atoms with E-state index in [9.17, 15) is 9.90 Å². The first-order valence-electron chi connectivity index (χ1n) is 9.29. The van der Waals surface area contributed by atoms with Crippen LogP contribution in [0.3, 0.4) is 0 Å². The fourth-order valence-corrected chi connectivity index (χ4v) is 4.17. The average Bonchev–Trinajstić information content (AvgIpc) is 2.63. The highest BCUT2D eigenvalue weighted by molar-refractivity contribution is 6.12. The second-order valence-corrected chi connectivity index (χ2v) is 7.50. The molecular formula is C23H26O3. The molecular weight excluding hydrogens is 324 g/mol. The minimum atomic E-state index is -0.387. The molecule has 2 aliphatic carbocycles. The van der Waals surface area contributed by atoms with Crippen molar-refractivity contribution >= 4 is 11.9 Å². The Morgan fingerprint density at radius 3 is 2.73 bits per heavy atom. The highest BCUT2D eigenvalue weighted by Gasteiger charge is 2.45. The summed E-state index contributed by atoms with van der Waals surface area (Å²) in [5.74, 6) is 6.02. The molecule has 0 aromatic heterocycles. The Balaban J connectivity index is 1.89. The van der Waals surface area contributed by atoms with Crippen molar-refractivity contribution in [2.75, 3.05) is 6.61 Å². The van der Waals surface area contributed by atoms with E-state index in [4.69, 9.17) is 5.11 Å². The van der Waals surface area contributed by atoms with Crippen LogP contribution in [0, 0.1) is 17.3 Å². The van der Waals surface area contributed by atoms with Gasteiger partial charge in [-0.1, -0.05) is 36.5 Å². The molecule has 0 unspecified atom stereocenters. The number of hydrogen-bond acceptors (Lipinski definition) is 3. The van der Waals surface area contributed by atoms with Gasteiger partial charge in [-0.05, 0) is 62.0 Å². The molecule has 3 nitrogen and oxygen atoms in total.